The van der Waals surface area contributed by atoms with Gasteiger partial charge >= 0.3 is 0 Å². The summed E-state index contributed by atoms with van der Waals surface area (Å²) in [5.74, 6) is 0.0190. The molecular formula is C9H18N2O2. The van der Waals surface area contributed by atoms with E-state index < -0.39 is 5.41 Å². The molecule has 1 aliphatic heterocycles. The second-order valence-corrected chi connectivity index (χ2v) is 4.12. The van der Waals surface area contributed by atoms with E-state index in [0.29, 0.717) is 13.2 Å². The number of ether oxygens (including phenoxy) is 1. The summed E-state index contributed by atoms with van der Waals surface area (Å²) in [6.45, 7) is 5.43. The van der Waals surface area contributed by atoms with E-state index in [1.54, 1.807) is 0 Å². The van der Waals surface area contributed by atoms with Crippen molar-refractivity contribution in [1.29, 1.82) is 0 Å². The van der Waals surface area contributed by atoms with Gasteiger partial charge in [-0.3, -0.25) is 4.79 Å². The van der Waals surface area contributed by atoms with Crippen LogP contribution in [0.2, 0.25) is 0 Å². The van der Waals surface area contributed by atoms with Gasteiger partial charge in [0.2, 0.25) is 5.91 Å². The summed E-state index contributed by atoms with van der Waals surface area (Å²) in [7, 11) is 0. The first kappa shape index (κ1) is 10.5. The lowest BCUT2D eigenvalue weighted by atomic mass is 9.92. The predicted octanol–water partition coefficient (Wildman–Crippen LogP) is -0.124. The Morgan fingerprint density at radius 2 is 2.38 bits per heavy atom. The maximum atomic E-state index is 11.6. The molecule has 76 valence electrons. The van der Waals surface area contributed by atoms with Crippen LogP contribution >= 0.6 is 0 Å². The minimum atomic E-state index is -0.470. The zero-order chi connectivity index (χ0) is 9.90. The van der Waals surface area contributed by atoms with E-state index in [-0.39, 0.29) is 11.9 Å². The number of amides is 1. The highest BCUT2D eigenvalue weighted by atomic mass is 16.5. The van der Waals surface area contributed by atoms with E-state index in [2.05, 4.69) is 5.32 Å². The molecule has 13 heavy (non-hydrogen) atoms. The van der Waals surface area contributed by atoms with E-state index in [9.17, 15) is 4.79 Å². The first-order chi connectivity index (χ1) is 6.06. The van der Waals surface area contributed by atoms with Crippen LogP contribution in [-0.2, 0) is 9.53 Å². The molecule has 1 heterocycles. The first-order valence-electron chi connectivity index (χ1n) is 4.65. The molecule has 1 aliphatic rings. The van der Waals surface area contributed by atoms with Crippen LogP contribution < -0.4 is 11.1 Å². The lowest BCUT2D eigenvalue weighted by Crippen LogP contribution is -2.46. The summed E-state index contributed by atoms with van der Waals surface area (Å²) in [4.78, 5) is 11.6. The van der Waals surface area contributed by atoms with Gasteiger partial charge in [-0.2, -0.15) is 0 Å². The molecule has 1 amide bonds. The summed E-state index contributed by atoms with van der Waals surface area (Å²) >= 11 is 0. The molecule has 1 saturated heterocycles. The SMILES string of the molecule is CC(C)(CN)C(=O)NC1CCOC1. The van der Waals surface area contributed by atoms with Crippen LogP contribution in [0.3, 0.4) is 0 Å². The molecule has 3 N–H and O–H groups in total. The maximum Gasteiger partial charge on any atom is 0.227 e. The zero-order valence-electron chi connectivity index (χ0n) is 8.30. The van der Waals surface area contributed by atoms with E-state index in [4.69, 9.17) is 10.5 Å². The Bertz CT molecular complexity index is 186. The van der Waals surface area contributed by atoms with Gasteiger partial charge in [0.05, 0.1) is 18.1 Å². The van der Waals surface area contributed by atoms with E-state index in [1.165, 1.54) is 0 Å². The summed E-state index contributed by atoms with van der Waals surface area (Å²) < 4.78 is 5.16. The molecule has 0 aromatic heterocycles. The van der Waals surface area contributed by atoms with E-state index in [0.717, 1.165) is 13.0 Å². The smallest absolute Gasteiger partial charge is 0.227 e. The molecule has 0 saturated carbocycles. The summed E-state index contributed by atoms with van der Waals surface area (Å²) in [6, 6.07) is 0.179. The normalized spacial score (nSPS) is 23.2. The van der Waals surface area contributed by atoms with Crippen molar-refractivity contribution in [2.75, 3.05) is 19.8 Å². The van der Waals surface area contributed by atoms with Crippen molar-refractivity contribution in [3.05, 3.63) is 0 Å². The van der Waals surface area contributed by atoms with Crippen molar-refractivity contribution in [3.8, 4) is 0 Å². The molecule has 0 spiro atoms. The van der Waals surface area contributed by atoms with Gasteiger partial charge in [0, 0.05) is 13.2 Å². The molecule has 0 aliphatic carbocycles. The largest absolute Gasteiger partial charge is 0.379 e. The van der Waals surface area contributed by atoms with Crippen molar-refractivity contribution in [2.45, 2.75) is 26.3 Å². The topological polar surface area (TPSA) is 64.4 Å². The highest BCUT2D eigenvalue weighted by Gasteiger charge is 2.28. The van der Waals surface area contributed by atoms with E-state index >= 15 is 0 Å². The molecule has 4 nitrogen and oxygen atoms in total. The van der Waals surface area contributed by atoms with Crippen molar-refractivity contribution in [3.63, 3.8) is 0 Å². The van der Waals surface area contributed by atoms with Crippen LogP contribution in [0.4, 0.5) is 0 Å². The number of hydrogen-bond acceptors (Lipinski definition) is 3. The summed E-state index contributed by atoms with van der Waals surface area (Å²) in [5.41, 5.74) is 5.02. The van der Waals surface area contributed by atoms with Gasteiger partial charge in [-0.25, -0.2) is 0 Å². The number of rotatable bonds is 3. The van der Waals surface area contributed by atoms with Crippen LogP contribution in [0.25, 0.3) is 0 Å². The molecular weight excluding hydrogens is 168 g/mol. The van der Waals surface area contributed by atoms with Crippen molar-refractivity contribution < 1.29 is 9.53 Å². The number of nitrogens with two attached hydrogens (primary N) is 1. The molecule has 0 bridgehead atoms. The Hall–Kier alpha value is -0.610. The minimum absolute atomic E-state index is 0.0190. The van der Waals surface area contributed by atoms with Crippen molar-refractivity contribution >= 4 is 5.91 Å². The fourth-order valence-electron chi connectivity index (χ4n) is 1.12. The summed E-state index contributed by atoms with van der Waals surface area (Å²) in [5, 5.41) is 2.93. The third kappa shape index (κ3) is 2.67. The van der Waals surface area contributed by atoms with Crippen LogP contribution in [0.1, 0.15) is 20.3 Å². The molecule has 0 aromatic carbocycles. The first-order valence-corrected chi connectivity index (χ1v) is 4.65. The standard InChI is InChI=1S/C9H18N2O2/c1-9(2,6-10)8(12)11-7-3-4-13-5-7/h7H,3-6,10H2,1-2H3,(H,11,12). The maximum absolute atomic E-state index is 11.6. The van der Waals surface area contributed by atoms with Gasteiger partial charge in [0.15, 0.2) is 0 Å². The third-order valence-electron chi connectivity index (χ3n) is 2.39. The zero-order valence-corrected chi connectivity index (χ0v) is 8.30. The van der Waals surface area contributed by atoms with Crippen molar-refractivity contribution in [2.24, 2.45) is 11.1 Å². The second kappa shape index (κ2) is 4.07. The highest BCUT2D eigenvalue weighted by Crippen LogP contribution is 2.14. The van der Waals surface area contributed by atoms with Crippen LogP contribution in [0.15, 0.2) is 0 Å². The van der Waals surface area contributed by atoms with Gasteiger partial charge in [-0.05, 0) is 20.3 Å². The Morgan fingerprint density at radius 3 is 2.85 bits per heavy atom. The van der Waals surface area contributed by atoms with Crippen LogP contribution in [0.5, 0.6) is 0 Å². The quantitative estimate of drug-likeness (QED) is 0.645. The number of nitrogens with one attached hydrogen (secondary N) is 1. The van der Waals surface area contributed by atoms with E-state index in [1.807, 2.05) is 13.8 Å². The monoisotopic (exact) mass is 186 g/mol. The second-order valence-electron chi connectivity index (χ2n) is 4.12. The minimum Gasteiger partial charge on any atom is -0.379 e. The average molecular weight is 186 g/mol. The fraction of sp³-hybridized carbons (Fsp3) is 0.889. The molecule has 0 aromatic rings. The fourth-order valence-corrected chi connectivity index (χ4v) is 1.12. The molecule has 0 radical (unpaired) electrons. The molecule has 4 heteroatoms. The highest BCUT2D eigenvalue weighted by molar-refractivity contribution is 5.82. The number of carbonyl (C=O) groups excluding carboxylic acids is 1. The molecule has 1 unspecified atom stereocenters. The third-order valence-corrected chi connectivity index (χ3v) is 2.39. The average Bonchev–Trinajstić information content (AvgIpc) is 2.57. The van der Waals surface area contributed by atoms with Gasteiger partial charge in [-0.1, -0.05) is 0 Å². The van der Waals surface area contributed by atoms with Crippen LogP contribution in [0, 0.1) is 5.41 Å². The van der Waals surface area contributed by atoms with Gasteiger partial charge in [0.1, 0.15) is 0 Å². The summed E-state index contributed by atoms with van der Waals surface area (Å²) in [6.07, 6.45) is 0.909. The van der Waals surface area contributed by atoms with Crippen molar-refractivity contribution in [1.82, 2.24) is 5.32 Å². The lowest BCUT2D eigenvalue weighted by Gasteiger charge is -2.23. The predicted molar refractivity (Wildman–Crippen MR) is 50.2 cm³/mol. The Balaban J connectivity index is 2.39. The molecule has 1 atom stereocenters. The Labute approximate surface area is 78.8 Å². The van der Waals surface area contributed by atoms with Gasteiger partial charge < -0.3 is 15.8 Å². The lowest BCUT2D eigenvalue weighted by molar-refractivity contribution is -0.129. The Kier molecular flexibility index (Phi) is 3.27. The van der Waals surface area contributed by atoms with Gasteiger partial charge in [0.25, 0.3) is 0 Å². The van der Waals surface area contributed by atoms with Gasteiger partial charge in [-0.15, -0.1) is 0 Å². The van der Waals surface area contributed by atoms with Crippen LogP contribution in [-0.4, -0.2) is 31.7 Å². The Morgan fingerprint density at radius 1 is 1.69 bits per heavy atom. The molecule has 1 rings (SSSR count). The molecule has 1 fully saturated rings. The number of hydrogen-bond donors (Lipinski definition) is 2. The number of carbonyl (C=O) groups is 1.